The SMILES string of the molecule is COCCN1C(=O)C(c2ccc(OC)cc2)=C(N2CC(C)CC(C)C2)C1=O. The van der Waals surface area contributed by atoms with Gasteiger partial charge in [0.25, 0.3) is 11.8 Å². The minimum atomic E-state index is -0.247. The number of carbonyl (C=O) groups excluding carboxylic acids is 2. The van der Waals surface area contributed by atoms with Crippen LogP contribution in [0.4, 0.5) is 0 Å². The van der Waals surface area contributed by atoms with Crippen LogP contribution in [0.5, 0.6) is 5.75 Å². The van der Waals surface area contributed by atoms with Gasteiger partial charge in [-0.2, -0.15) is 0 Å². The van der Waals surface area contributed by atoms with Crippen LogP contribution >= 0.6 is 0 Å². The van der Waals surface area contributed by atoms with Gasteiger partial charge in [-0.25, -0.2) is 0 Å². The molecule has 0 radical (unpaired) electrons. The summed E-state index contributed by atoms with van der Waals surface area (Å²) in [5, 5.41) is 0. The van der Waals surface area contributed by atoms with E-state index in [4.69, 9.17) is 9.47 Å². The smallest absolute Gasteiger partial charge is 0.277 e. The second-order valence-corrected chi connectivity index (χ2v) is 7.56. The summed E-state index contributed by atoms with van der Waals surface area (Å²) in [6.45, 7) is 6.55. The number of piperidine rings is 1. The van der Waals surface area contributed by atoms with Gasteiger partial charge in [-0.15, -0.1) is 0 Å². The fourth-order valence-electron chi connectivity index (χ4n) is 4.11. The Hall–Kier alpha value is -2.34. The number of likely N-dealkylation sites (tertiary alicyclic amines) is 1. The average Bonchev–Trinajstić information content (AvgIpc) is 2.89. The lowest BCUT2D eigenvalue weighted by Gasteiger charge is -2.37. The molecule has 0 N–H and O–H groups in total. The van der Waals surface area contributed by atoms with Crippen LogP contribution in [0.15, 0.2) is 30.0 Å². The molecule has 2 unspecified atom stereocenters. The zero-order valence-corrected chi connectivity index (χ0v) is 16.5. The number of rotatable bonds is 6. The molecule has 6 nitrogen and oxygen atoms in total. The summed E-state index contributed by atoms with van der Waals surface area (Å²) >= 11 is 0. The predicted molar refractivity (Wildman–Crippen MR) is 103 cm³/mol. The molecule has 146 valence electrons. The highest BCUT2D eigenvalue weighted by molar-refractivity contribution is 6.35. The molecule has 2 atom stereocenters. The maximum Gasteiger partial charge on any atom is 0.277 e. The van der Waals surface area contributed by atoms with E-state index in [2.05, 4.69) is 18.7 Å². The molecule has 3 rings (SSSR count). The summed E-state index contributed by atoms with van der Waals surface area (Å²) in [7, 11) is 3.17. The average molecular weight is 372 g/mol. The van der Waals surface area contributed by atoms with Crippen molar-refractivity contribution in [3.05, 3.63) is 35.5 Å². The van der Waals surface area contributed by atoms with Crippen molar-refractivity contribution in [3.63, 3.8) is 0 Å². The molecule has 27 heavy (non-hydrogen) atoms. The Morgan fingerprint density at radius 3 is 2.19 bits per heavy atom. The van der Waals surface area contributed by atoms with E-state index in [9.17, 15) is 9.59 Å². The Bertz CT molecular complexity index is 731. The molecule has 6 heteroatoms. The van der Waals surface area contributed by atoms with Crippen molar-refractivity contribution in [2.45, 2.75) is 20.3 Å². The highest BCUT2D eigenvalue weighted by Gasteiger charge is 2.42. The van der Waals surface area contributed by atoms with Gasteiger partial charge in [0.05, 0.1) is 25.8 Å². The molecular weight excluding hydrogens is 344 g/mol. The Labute approximate surface area is 160 Å². The Balaban J connectivity index is 2.03. The lowest BCUT2D eigenvalue weighted by molar-refractivity contribution is -0.138. The number of ether oxygens (including phenoxy) is 2. The number of methoxy groups -OCH3 is 2. The van der Waals surface area contributed by atoms with Crippen molar-refractivity contribution < 1.29 is 19.1 Å². The molecule has 2 amide bonds. The van der Waals surface area contributed by atoms with E-state index < -0.39 is 0 Å². The molecule has 1 saturated heterocycles. The van der Waals surface area contributed by atoms with Crippen molar-refractivity contribution >= 4 is 17.4 Å². The molecule has 2 heterocycles. The standard InChI is InChI=1S/C21H28N2O4/c1-14-11-15(2)13-22(12-14)19-18(16-5-7-17(27-4)8-6-16)20(24)23(21(19)25)9-10-26-3/h5-8,14-15H,9-13H2,1-4H3. The normalized spacial score (nSPS) is 23.4. The van der Waals surface area contributed by atoms with Gasteiger partial charge < -0.3 is 14.4 Å². The summed E-state index contributed by atoms with van der Waals surface area (Å²) in [5.74, 6) is 1.21. The molecule has 1 aromatic carbocycles. The van der Waals surface area contributed by atoms with Crippen LogP contribution in [0.1, 0.15) is 25.8 Å². The first kappa shape index (κ1) is 19.4. The van der Waals surface area contributed by atoms with Crippen LogP contribution in [-0.4, -0.2) is 62.1 Å². The van der Waals surface area contributed by atoms with E-state index in [-0.39, 0.29) is 18.4 Å². The number of hydrogen-bond donors (Lipinski definition) is 0. The van der Waals surface area contributed by atoms with E-state index in [1.807, 2.05) is 24.3 Å². The fourth-order valence-corrected chi connectivity index (χ4v) is 4.11. The highest BCUT2D eigenvalue weighted by atomic mass is 16.5. The number of amides is 2. The second-order valence-electron chi connectivity index (χ2n) is 7.56. The molecule has 2 aliphatic heterocycles. The van der Waals surface area contributed by atoms with Gasteiger partial charge in [0.15, 0.2) is 0 Å². The fraction of sp³-hybridized carbons (Fsp3) is 0.524. The number of nitrogens with zero attached hydrogens (tertiary/aromatic N) is 2. The van der Waals surface area contributed by atoms with Crippen LogP contribution in [0, 0.1) is 11.8 Å². The van der Waals surface area contributed by atoms with Crippen molar-refractivity contribution in [1.82, 2.24) is 9.80 Å². The van der Waals surface area contributed by atoms with Crippen LogP contribution < -0.4 is 4.74 Å². The monoisotopic (exact) mass is 372 g/mol. The second kappa shape index (κ2) is 8.13. The molecule has 0 aromatic heterocycles. The van der Waals surface area contributed by atoms with Crippen LogP contribution in [0.25, 0.3) is 5.57 Å². The topological polar surface area (TPSA) is 59.1 Å². The number of benzene rings is 1. The molecule has 1 aromatic rings. The number of imide groups is 1. The molecule has 0 bridgehead atoms. The van der Waals surface area contributed by atoms with E-state index in [0.717, 1.165) is 25.1 Å². The van der Waals surface area contributed by atoms with Crippen LogP contribution in [0.3, 0.4) is 0 Å². The van der Waals surface area contributed by atoms with E-state index in [1.165, 1.54) is 4.90 Å². The maximum absolute atomic E-state index is 13.2. The van der Waals surface area contributed by atoms with Gasteiger partial charge in [-0.1, -0.05) is 26.0 Å². The summed E-state index contributed by atoms with van der Waals surface area (Å²) in [6.07, 6.45) is 1.14. The Kier molecular flexibility index (Phi) is 5.85. The maximum atomic E-state index is 13.2. The van der Waals surface area contributed by atoms with Crippen LogP contribution in [0.2, 0.25) is 0 Å². The summed E-state index contributed by atoms with van der Waals surface area (Å²) in [4.78, 5) is 29.7. The molecular formula is C21H28N2O4. The van der Waals surface area contributed by atoms with Gasteiger partial charge in [0, 0.05) is 20.2 Å². The lowest BCUT2D eigenvalue weighted by Crippen LogP contribution is -2.42. The minimum absolute atomic E-state index is 0.218. The van der Waals surface area contributed by atoms with Crippen molar-refractivity contribution in [2.75, 3.05) is 40.5 Å². The Morgan fingerprint density at radius 1 is 1.00 bits per heavy atom. The molecule has 0 spiro atoms. The third kappa shape index (κ3) is 3.86. The van der Waals surface area contributed by atoms with Crippen molar-refractivity contribution in [3.8, 4) is 5.75 Å². The third-order valence-electron chi connectivity index (χ3n) is 5.23. The molecule has 0 aliphatic carbocycles. The minimum Gasteiger partial charge on any atom is -0.497 e. The summed E-state index contributed by atoms with van der Waals surface area (Å²) in [5.41, 5.74) is 1.76. The zero-order valence-electron chi connectivity index (χ0n) is 16.5. The first-order chi connectivity index (χ1) is 13.0. The number of hydrogen-bond acceptors (Lipinski definition) is 5. The highest BCUT2D eigenvalue weighted by Crippen LogP contribution is 2.35. The van der Waals surface area contributed by atoms with Gasteiger partial charge in [0.2, 0.25) is 0 Å². The number of carbonyl (C=O) groups is 2. The van der Waals surface area contributed by atoms with Crippen LogP contribution in [-0.2, 0) is 14.3 Å². The first-order valence-electron chi connectivity index (χ1n) is 9.45. The molecule has 2 aliphatic rings. The quantitative estimate of drug-likeness (QED) is 0.718. The van der Waals surface area contributed by atoms with Gasteiger partial charge >= 0.3 is 0 Å². The van der Waals surface area contributed by atoms with E-state index in [0.29, 0.717) is 35.5 Å². The summed E-state index contributed by atoms with van der Waals surface area (Å²) in [6, 6.07) is 7.32. The zero-order chi connectivity index (χ0) is 19.6. The van der Waals surface area contributed by atoms with Gasteiger partial charge in [-0.05, 0) is 36.0 Å². The van der Waals surface area contributed by atoms with Crippen molar-refractivity contribution in [1.29, 1.82) is 0 Å². The third-order valence-corrected chi connectivity index (χ3v) is 5.23. The van der Waals surface area contributed by atoms with E-state index >= 15 is 0 Å². The molecule has 1 fully saturated rings. The first-order valence-corrected chi connectivity index (χ1v) is 9.45. The summed E-state index contributed by atoms with van der Waals surface area (Å²) < 4.78 is 10.3. The lowest BCUT2D eigenvalue weighted by atomic mass is 9.91. The predicted octanol–water partition coefficient (Wildman–Crippen LogP) is 2.40. The largest absolute Gasteiger partial charge is 0.497 e. The molecule has 0 saturated carbocycles. The van der Waals surface area contributed by atoms with E-state index in [1.54, 1.807) is 14.2 Å². The van der Waals surface area contributed by atoms with Gasteiger partial charge in [-0.3, -0.25) is 14.5 Å². The van der Waals surface area contributed by atoms with Crippen molar-refractivity contribution in [2.24, 2.45) is 11.8 Å². The Morgan fingerprint density at radius 2 is 1.63 bits per heavy atom. The van der Waals surface area contributed by atoms with Gasteiger partial charge in [0.1, 0.15) is 11.4 Å².